The topological polar surface area (TPSA) is 36.4 Å². The Morgan fingerprint density at radius 1 is 1.33 bits per heavy atom. The molecule has 0 saturated heterocycles. The molecule has 3 nitrogen and oxygen atoms in total. The van der Waals surface area contributed by atoms with E-state index < -0.39 is 0 Å². The minimum absolute atomic E-state index is 0.111. The van der Waals surface area contributed by atoms with Crippen LogP contribution >= 0.6 is 11.3 Å². The van der Waals surface area contributed by atoms with Crippen LogP contribution in [0.3, 0.4) is 0 Å². The molecule has 0 unspecified atom stereocenters. The molecule has 1 heterocycles. The highest BCUT2D eigenvalue weighted by molar-refractivity contribution is 7.15. The van der Waals surface area contributed by atoms with Crippen LogP contribution in [0.5, 0.6) is 0 Å². The molecular formula is C14H24N2OS. The molecule has 1 fully saturated rings. The van der Waals surface area contributed by atoms with Crippen molar-refractivity contribution < 1.29 is 5.11 Å². The van der Waals surface area contributed by atoms with Gasteiger partial charge in [-0.1, -0.05) is 24.7 Å². The number of rotatable bonds is 4. The number of nitrogens with zero attached hydrogens (tertiary/aromatic N) is 2. The quantitative estimate of drug-likeness (QED) is 0.909. The van der Waals surface area contributed by atoms with Crippen molar-refractivity contribution in [2.45, 2.75) is 58.6 Å². The molecule has 1 aromatic heterocycles. The van der Waals surface area contributed by atoms with E-state index in [0.29, 0.717) is 6.04 Å². The van der Waals surface area contributed by atoms with Gasteiger partial charge in [0.25, 0.3) is 0 Å². The first kappa shape index (κ1) is 13.8. The highest BCUT2D eigenvalue weighted by Gasteiger charge is 2.25. The van der Waals surface area contributed by atoms with Crippen molar-refractivity contribution in [3.8, 4) is 0 Å². The molecule has 102 valence electrons. The van der Waals surface area contributed by atoms with Gasteiger partial charge in [0.05, 0.1) is 17.2 Å². The lowest BCUT2D eigenvalue weighted by molar-refractivity contribution is 0.284. The van der Waals surface area contributed by atoms with Crippen LogP contribution in [0.4, 0.5) is 5.13 Å². The molecular weight excluding hydrogens is 244 g/mol. The van der Waals surface area contributed by atoms with Crippen LogP contribution in [-0.4, -0.2) is 23.2 Å². The van der Waals surface area contributed by atoms with Gasteiger partial charge < -0.3 is 10.0 Å². The van der Waals surface area contributed by atoms with Gasteiger partial charge in [0.15, 0.2) is 5.13 Å². The van der Waals surface area contributed by atoms with Crippen LogP contribution in [0.25, 0.3) is 0 Å². The zero-order valence-corrected chi connectivity index (χ0v) is 12.5. The molecule has 0 aromatic carbocycles. The lowest BCUT2D eigenvalue weighted by Gasteiger charge is -2.34. The molecule has 0 spiro atoms. The van der Waals surface area contributed by atoms with Gasteiger partial charge in [0, 0.05) is 13.1 Å². The number of hydrogen-bond donors (Lipinski definition) is 1. The maximum absolute atomic E-state index is 9.24. The lowest BCUT2D eigenvalue weighted by atomic mass is 9.84. The number of aliphatic hydroxyl groups is 1. The molecule has 0 aliphatic heterocycles. The lowest BCUT2D eigenvalue weighted by Crippen LogP contribution is -2.35. The summed E-state index contributed by atoms with van der Waals surface area (Å²) in [5.41, 5.74) is 0.978. The maximum Gasteiger partial charge on any atom is 0.185 e. The molecule has 2 rings (SSSR count). The van der Waals surface area contributed by atoms with Crippen molar-refractivity contribution in [2.75, 3.05) is 11.9 Å². The van der Waals surface area contributed by atoms with E-state index in [1.165, 1.54) is 32.1 Å². The number of thiazole rings is 1. The maximum atomic E-state index is 9.24. The van der Waals surface area contributed by atoms with Crippen molar-refractivity contribution in [2.24, 2.45) is 5.92 Å². The number of hydrogen-bond acceptors (Lipinski definition) is 4. The molecule has 4 heteroatoms. The molecule has 1 aliphatic rings. The molecule has 1 aromatic rings. The second-order valence-electron chi connectivity index (χ2n) is 5.36. The largest absolute Gasteiger partial charge is 0.391 e. The van der Waals surface area contributed by atoms with Gasteiger partial charge in [-0.05, 0) is 38.5 Å². The predicted octanol–water partition coefficient (Wildman–Crippen LogP) is 3.35. The Balaban J connectivity index is 2.00. The summed E-state index contributed by atoms with van der Waals surface area (Å²) < 4.78 is 0. The van der Waals surface area contributed by atoms with Crippen molar-refractivity contribution >= 4 is 16.5 Å². The first-order valence-corrected chi connectivity index (χ1v) is 7.77. The molecule has 0 radical (unpaired) electrons. The van der Waals surface area contributed by atoms with E-state index in [4.69, 9.17) is 0 Å². The van der Waals surface area contributed by atoms with E-state index in [9.17, 15) is 5.11 Å². The van der Waals surface area contributed by atoms with Crippen molar-refractivity contribution in [3.63, 3.8) is 0 Å². The van der Waals surface area contributed by atoms with Crippen LogP contribution in [0.1, 0.15) is 49.6 Å². The fourth-order valence-corrected chi connectivity index (χ4v) is 3.76. The van der Waals surface area contributed by atoms with Crippen molar-refractivity contribution in [3.05, 3.63) is 10.6 Å². The van der Waals surface area contributed by atoms with Crippen LogP contribution in [-0.2, 0) is 6.61 Å². The standard InChI is InChI=1S/C14H24N2OS/c1-4-11-5-7-12(8-6-11)16(3)14-15-10(2)13(9-17)18-14/h11-12,17H,4-9H2,1-3H3. The Labute approximate surface area is 114 Å². The Hall–Kier alpha value is -0.610. The Morgan fingerprint density at radius 3 is 2.50 bits per heavy atom. The average Bonchev–Trinajstić information content (AvgIpc) is 2.79. The van der Waals surface area contributed by atoms with Crippen LogP contribution in [0, 0.1) is 12.8 Å². The summed E-state index contributed by atoms with van der Waals surface area (Å²) in [5, 5.41) is 10.3. The molecule has 0 atom stereocenters. The van der Waals surface area contributed by atoms with E-state index in [-0.39, 0.29) is 6.61 Å². The summed E-state index contributed by atoms with van der Waals surface area (Å²) in [6, 6.07) is 0.630. The second kappa shape index (κ2) is 6.02. The second-order valence-corrected chi connectivity index (χ2v) is 6.42. The summed E-state index contributed by atoms with van der Waals surface area (Å²) >= 11 is 1.63. The van der Waals surface area contributed by atoms with E-state index >= 15 is 0 Å². The van der Waals surface area contributed by atoms with Gasteiger partial charge in [-0.25, -0.2) is 4.98 Å². The predicted molar refractivity (Wildman–Crippen MR) is 77.2 cm³/mol. The van der Waals surface area contributed by atoms with Gasteiger partial charge in [0.1, 0.15) is 0 Å². The zero-order chi connectivity index (χ0) is 13.1. The highest BCUT2D eigenvalue weighted by atomic mass is 32.1. The van der Waals surface area contributed by atoms with E-state index in [2.05, 4.69) is 23.9 Å². The van der Waals surface area contributed by atoms with E-state index in [1.807, 2.05) is 6.92 Å². The number of anilines is 1. The molecule has 1 N–H and O–H groups in total. The van der Waals surface area contributed by atoms with Crippen LogP contribution in [0.2, 0.25) is 0 Å². The number of aromatic nitrogens is 1. The zero-order valence-electron chi connectivity index (χ0n) is 11.6. The van der Waals surface area contributed by atoms with E-state index in [1.54, 1.807) is 11.3 Å². The third-order valence-corrected chi connectivity index (χ3v) is 5.50. The fraction of sp³-hybridized carbons (Fsp3) is 0.786. The van der Waals surface area contributed by atoms with Gasteiger partial charge in [-0.2, -0.15) is 0 Å². The van der Waals surface area contributed by atoms with Gasteiger partial charge in [-0.3, -0.25) is 0 Å². The summed E-state index contributed by atoms with van der Waals surface area (Å²) in [4.78, 5) is 7.90. The Morgan fingerprint density at radius 2 is 2.00 bits per heavy atom. The number of aliphatic hydroxyl groups excluding tert-OH is 1. The van der Waals surface area contributed by atoms with E-state index in [0.717, 1.165) is 21.6 Å². The summed E-state index contributed by atoms with van der Waals surface area (Å²) in [7, 11) is 2.15. The van der Waals surface area contributed by atoms with Crippen LogP contribution < -0.4 is 4.90 Å². The van der Waals surface area contributed by atoms with Gasteiger partial charge >= 0.3 is 0 Å². The third-order valence-electron chi connectivity index (χ3n) is 4.27. The number of aryl methyl sites for hydroxylation is 1. The van der Waals surface area contributed by atoms with Gasteiger partial charge in [0.2, 0.25) is 0 Å². The SMILES string of the molecule is CCC1CCC(N(C)c2nc(C)c(CO)s2)CC1. The highest BCUT2D eigenvalue weighted by Crippen LogP contribution is 2.33. The first-order valence-electron chi connectivity index (χ1n) is 6.95. The van der Waals surface area contributed by atoms with Crippen molar-refractivity contribution in [1.82, 2.24) is 4.98 Å². The minimum Gasteiger partial charge on any atom is -0.391 e. The molecule has 1 aliphatic carbocycles. The van der Waals surface area contributed by atoms with Crippen molar-refractivity contribution in [1.29, 1.82) is 0 Å². The summed E-state index contributed by atoms with van der Waals surface area (Å²) in [5.74, 6) is 0.931. The van der Waals surface area contributed by atoms with Crippen LogP contribution in [0.15, 0.2) is 0 Å². The molecule has 18 heavy (non-hydrogen) atoms. The first-order chi connectivity index (χ1) is 8.65. The summed E-state index contributed by atoms with van der Waals surface area (Å²) in [6.45, 7) is 4.39. The van der Waals surface area contributed by atoms with Gasteiger partial charge in [-0.15, -0.1) is 0 Å². The molecule has 0 amide bonds. The smallest absolute Gasteiger partial charge is 0.185 e. The minimum atomic E-state index is 0.111. The summed E-state index contributed by atoms with van der Waals surface area (Å²) in [6.07, 6.45) is 6.58. The third kappa shape index (κ3) is 2.86. The normalized spacial score (nSPS) is 24.2. The molecule has 1 saturated carbocycles. The molecule has 0 bridgehead atoms. The Kier molecular flexibility index (Phi) is 4.62. The fourth-order valence-electron chi connectivity index (χ4n) is 2.81. The monoisotopic (exact) mass is 268 g/mol. The average molecular weight is 268 g/mol. The Bertz CT molecular complexity index is 383.